The van der Waals surface area contributed by atoms with Crippen molar-refractivity contribution in [2.75, 3.05) is 0 Å². The monoisotopic (exact) mass is 350 g/mol. The van der Waals surface area contributed by atoms with Gasteiger partial charge < -0.3 is 15.0 Å². The minimum atomic E-state index is -0.504. The predicted octanol–water partition coefficient (Wildman–Crippen LogP) is 2.15. The van der Waals surface area contributed by atoms with Gasteiger partial charge in [-0.2, -0.15) is 0 Å². The van der Waals surface area contributed by atoms with Gasteiger partial charge in [-0.1, -0.05) is 11.6 Å². The van der Waals surface area contributed by atoms with Crippen molar-refractivity contribution in [1.82, 2.24) is 20.3 Å². The Balaban J connectivity index is 2.18. The third kappa shape index (κ3) is 4.11. The van der Waals surface area contributed by atoms with Gasteiger partial charge in [-0.3, -0.25) is 9.59 Å². The first-order chi connectivity index (χ1) is 11.3. The average molecular weight is 351 g/mol. The number of aryl methyl sites for hydroxylation is 2. The van der Waals surface area contributed by atoms with Crippen molar-refractivity contribution in [3.05, 3.63) is 50.3 Å². The first kappa shape index (κ1) is 17.9. The summed E-state index contributed by atoms with van der Waals surface area (Å²) in [7, 11) is 0. The molecule has 0 unspecified atom stereocenters. The van der Waals surface area contributed by atoms with E-state index in [4.69, 9.17) is 16.3 Å². The van der Waals surface area contributed by atoms with E-state index in [2.05, 4.69) is 20.3 Å². The molecule has 0 saturated heterocycles. The Morgan fingerprint density at radius 1 is 1.38 bits per heavy atom. The molecule has 0 saturated carbocycles. The molecule has 0 radical (unpaired) electrons. The second-order valence-corrected chi connectivity index (χ2v) is 6.01. The van der Waals surface area contributed by atoms with Gasteiger partial charge in [0.1, 0.15) is 11.3 Å². The van der Waals surface area contributed by atoms with Crippen LogP contribution in [-0.4, -0.2) is 27.0 Å². The molecule has 7 nitrogen and oxygen atoms in total. The van der Waals surface area contributed by atoms with Gasteiger partial charge in [0.15, 0.2) is 5.69 Å². The number of rotatable bonds is 5. The summed E-state index contributed by atoms with van der Waals surface area (Å²) in [6, 6.07) is 1.84. The Morgan fingerprint density at radius 2 is 2.08 bits per heavy atom. The van der Waals surface area contributed by atoms with Crippen LogP contribution in [0.15, 0.2) is 17.2 Å². The fourth-order valence-corrected chi connectivity index (χ4v) is 2.40. The van der Waals surface area contributed by atoms with Crippen LogP contribution in [0.2, 0.25) is 5.02 Å². The highest BCUT2D eigenvalue weighted by molar-refractivity contribution is 6.34. The highest BCUT2D eigenvalue weighted by atomic mass is 35.5. The molecule has 0 aliphatic carbocycles. The molecule has 0 atom stereocenters. The lowest BCUT2D eigenvalue weighted by atomic mass is 10.1. The molecule has 128 valence electrons. The van der Waals surface area contributed by atoms with E-state index in [1.165, 1.54) is 6.33 Å². The topological polar surface area (TPSA) is 97.0 Å². The normalized spacial score (nSPS) is 10.8. The number of amides is 1. The lowest BCUT2D eigenvalue weighted by Crippen LogP contribution is -2.29. The molecule has 2 aromatic rings. The van der Waals surface area contributed by atoms with Crippen LogP contribution in [0.3, 0.4) is 0 Å². The molecule has 2 aromatic heterocycles. The van der Waals surface area contributed by atoms with E-state index in [0.717, 1.165) is 11.3 Å². The van der Waals surface area contributed by atoms with Crippen molar-refractivity contribution in [3.63, 3.8) is 0 Å². The zero-order chi connectivity index (χ0) is 17.9. The third-order valence-corrected chi connectivity index (χ3v) is 3.58. The Bertz CT molecular complexity index is 817. The Morgan fingerprint density at radius 3 is 2.71 bits per heavy atom. The Hall–Kier alpha value is -2.41. The second kappa shape index (κ2) is 7.44. The summed E-state index contributed by atoms with van der Waals surface area (Å²) in [5.41, 5.74) is 1.82. The molecule has 0 aliphatic heterocycles. The molecular formula is C16H19ClN4O3. The SMILES string of the molecule is Cc1cc(C)c(CNC(=O)c2ncnc(OC(C)C)c2Cl)c(=O)[nH]1. The lowest BCUT2D eigenvalue weighted by molar-refractivity contribution is 0.0944. The number of carbonyl (C=O) groups is 1. The van der Waals surface area contributed by atoms with Gasteiger partial charge in [-0.15, -0.1) is 0 Å². The maximum Gasteiger partial charge on any atom is 0.271 e. The fraction of sp³-hybridized carbons (Fsp3) is 0.375. The highest BCUT2D eigenvalue weighted by Crippen LogP contribution is 2.24. The number of hydrogen-bond donors (Lipinski definition) is 2. The van der Waals surface area contributed by atoms with Crippen molar-refractivity contribution >= 4 is 17.5 Å². The van der Waals surface area contributed by atoms with Crippen LogP contribution in [0.25, 0.3) is 0 Å². The maximum atomic E-state index is 12.3. The largest absolute Gasteiger partial charge is 0.474 e. The van der Waals surface area contributed by atoms with Crippen molar-refractivity contribution < 1.29 is 9.53 Å². The number of nitrogens with zero attached hydrogens (tertiary/aromatic N) is 2. The van der Waals surface area contributed by atoms with E-state index in [1.54, 1.807) is 6.92 Å². The molecule has 1 amide bonds. The minimum absolute atomic E-state index is 0.00325. The molecule has 0 bridgehead atoms. The summed E-state index contributed by atoms with van der Waals surface area (Å²) in [6.45, 7) is 7.33. The van der Waals surface area contributed by atoms with Crippen LogP contribution in [0.4, 0.5) is 0 Å². The minimum Gasteiger partial charge on any atom is -0.474 e. The molecule has 8 heteroatoms. The molecule has 2 N–H and O–H groups in total. The van der Waals surface area contributed by atoms with Gasteiger partial charge in [0, 0.05) is 17.8 Å². The molecule has 0 fully saturated rings. The number of nitrogens with one attached hydrogen (secondary N) is 2. The fourth-order valence-electron chi connectivity index (χ4n) is 2.17. The van der Waals surface area contributed by atoms with E-state index in [1.807, 2.05) is 26.8 Å². The van der Waals surface area contributed by atoms with Crippen LogP contribution in [0, 0.1) is 13.8 Å². The average Bonchev–Trinajstić information content (AvgIpc) is 2.47. The standard InChI is InChI=1S/C16H19ClN4O3/c1-8(2)24-16-12(17)13(19-7-20-16)15(23)18-6-11-9(3)5-10(4)21-14(11)22/h5,7-8H,6H2,1-4H3,(H,18,23)(H,21,22). The summed E-state index contributed by atoms with van der Waals surface area (Å²) in [4.78, 5) is 34.8. The molecule has 0 spiro atoms. The molecule has 24 heavy (non-hydrogen) atoms. The number of pyridine rings is 1. The third-order valence-electron chi connectivity index (χ3n) is 3.24. The molecule has 0 aromatic carbocycles. The van der Waals surface area contributed by atoms with E-state index in [-0.39, 0.29) is 34.8 Å². The lowest BCUT2D eigenvalue weighted by Gasteiger charge is -2.12. The van der Waals surface area contributed by atoms with E-state index in [0.29, 0.717) is 5.56 Å². The quantitative estimate of drug-likeness (QED) is 0.861. The highest BCUT2D eigenvalue weighted by Gasteiger charge is 2.18. The summed E-state index contributed by atoms with van der Waals surface area (Å²) < 4.78 is 5.43. The van der Waals surface area contributed by atoms with Crippen LogP contribution >= 0.6 is 11.6 Å². The summed E-state index contributed by atoms with van der Waals surface area (Å²) in [6.07, 6.45) is 1.07. The molecule has 2 heterocycles. The van der Waals surface area contributed by atoms with Gasteiger partial charge in [-0.25, -0.2) is 9.97 Å². The summed E-state index contributed by atoms with van der Waals surface area (Å²) in [5, 5.41) is 2.69. The van der Waals surface area contributed by atoms with Crippen LogP contribution in [-0.2, 0) is 6.54 Å². The van der Waals surface area contributed by atoms with E-state index < -0.39 is 5.91 Å². The Labute approximate surface area is 144 Å². The van der Waals surface area contributed by atoms with Crippen LogP contribution < -0.4 is 15.6 Å². The van der Waals surface area contributed by atoms with Crippen molar-refractivity contribution in [1.29, 1.82) is 0 Å². The van der Waals surface area contributed by atoms with Crippen LogP contribution in [0.5, 0.6) is 5.88 Å². The number of aromatic nitrogens is 3. The molecule has 2 rings (SSSR count). The summed E-state index contributed by atoms with van der Waals surface area (Å²) >= 11 is 6.13. The van der Waals surface area contributed by atoms with Gasteiger partial charge >= 0.3 is 0 Å². The number of ether oxygens (including phenoxy) is 1. The zero-order valence-corrected chi connectivity index (χ0v) is 14.7. The van der Waals surface area contributed by atoms with Gasteiger partial charge in [0.05, 0.1) is 6.10 Å². The van der Waals surface area contributed by atoms with E-state index in [9.17, 15) is 9.59 Å². The van der Waals surface area contributed by atoms with Gasteiger partial charge in [-0.05, 0) is 39.3 Å². The number of hydrogen-bond acceptors (Lipinski definition) is 5. The zero-order valence-electron chi connectivity index (χ0n) is 13.9. The first-order valence-electron chi connectivity index (χ1n) is 7.44. The van der Waals surface area contributed by atoms with Crippen molar-refractivity contribution in [2.45, 2.75) is 40.3 Å². The van der Waals surface area contributed by atoms with Gasteiger partial charge in [0.2, 0.25) is 5.88 Å². The first-order valence-corrected chi connectivity index (χ1v) is 7.82. The number of H-pyrrole nitrogens is 1. The second-order valence-electron chi connectivity index (χ2n) is 5.63. The van der Waals surface area contributed by atoms with E-state index >= 15 is 0 Å². The molecular weight excluding hydrogens is 332 g/mol. The smallest absolute Gasteiger partial charge is 0.271 e. The molecule has 0 aliphatic rings. The number of carbonyl (C=O) groups excluding carboxylic acids is 1. The van der Waals surface area contributed by atoms with Crippen molar-refractivity contribution in [2.24, 2.45) is 0 Å². The predicted molar refractivity (Wildman–Crippen MR) is 90.5 cm³/mol. The Kier molecular flexibility index (Phi) is 5.56. The summed E-state index contributed by atoms with van der Waals surface area (Å²) in [5.74, 6) is -0.355. The van der Waals surface area contributed by atoms with Gasteiger partial charge in [0.25, 0.3) is 11.5 Å². The number of aromatic amines is 1. The van der Waals surface area contributed by atoms with Crippen molar-refractivity contribution in [3.8, 4) is 5.88 Å². The van der Waals surface area contributed by atoms with Crippen LogP contribution in [0.1, 0.15) is 41.2 Å². The number of halogens is 1. The maximum absolute atomic E-state index is 12.3.